The summed E-state index contributed by atoms with van der Waals surface area (Å²) < 4.78 is 25.6. The van der Waals surface area contributed by atoms with E-state index in [1.54, 1.807) is 30.3 Å². The van der Waals surface area contributed by atoms with Crippen molar-refractivity contribution >= 4 is 16.0 Å². The second-order valence-electron chi connectivity index (χ2n) is 3.79. The molecule has 0 amide bonds. The van der Waals surface area contributed by atoms with Crippen molar-refractivity contribution in [1.29, 1.82) is 0 Å². The first kappa shape index (κ1) is 14.6. The number of aliphatic carboxylic acids is 1. The number of aliphatic hydroxyl groups is 1. The quantitative estimate of drug-likeness (QED) is 0.682. The van der Waals surface area contributed by atoms with Gasteiger partial charge < -0.3 is 10.2 Å². The number of benzene rings is 1. The second kappa shape index (κ2) is 5.94. The van der Waals surface area contributed by atoms with Gasteiger partial charge >= 0.3 is 5.97 Å². The zero-order chi connectivity index (χ0) is 13.8. The summed E-state index contributed by atoms with van der Waals surface area (Å²) in [6.07, 6.45) is 0. The van der Waals surface area contributed by atoms with E-state index in [0.717, 1.165) is 6.92 Å². The van der Waals surface area contributed by atoms with Crippen molar-refractivity contribution in [1.82, 2.24) is 4.72 Å². The molecule has 1 aromatic rings. The maximum atomic E-state index is 11.7. The number of carboxylic acids is 1. The molecule has 1 rings (SSSR count). The van der Waals surface area contributed by atoms with Crippen LogP contribution >= 0.6 is 0 Å². The summed E-state index contributed by atoms with van der Waals surface area (Å²) in [7, 11) is -4.03. The molecule has 0 aliphatic rings. The van der Waals surface area contributed by atoms with E-state index in [0.29, 0.717) is 5.56 Å². The molecule has 0 aromatic heterocycles. The van der Waals surface area contributed by atoms with Crippen LogP contribution in [0, 0.1) is 0 Å². The number of carboxylic acid groups (broad SMARTS) is 1. The maximum absolute atomic E-state index is 11.7. The number of aliphatic hydroxyl groups excluding tert-OH is 1. The molecular weight excluding hydrogens is 258 g/mol. The Labute approximate surface area is 105 Å². The van der Waals surface area contributed by atoms with Crippen LogP contribution in [0.15, 0.2) is 30.3 Å². The molecule has 3 N–H and O–H groups in total. The van der Waals surface area contributed by atoms with Crippen molar-refractivity contribution in [2.24, 2.45) is 0 Å². The Morgan fingerprint density at radius 3 is 2.33 bits per heavy atom. The Morgan fingerprint density at radius 1 is 1.33 bits per heavy atom. The third-order valence-electron chi connectivity index (χ3n) is 2.50. The fraction of sp³-hybridized carbons (Fsp3) is 0.364. The van der Waals surface area contributed by atoms with Crippen LogP contribution in [-0.4, -0.2) is 36.5 Å². The Bertz CT molecular complexity index is 499. The predicted octanol–water partition coefficient (Wildman–Crippen LogP) is 0.113. The van der Waals surface area contributed by atoms with E-state index in [9.17, 15) is 18.3 Å². The lowest BCUT2D eigenvalue weighted by molar-refractivity contribution is -0.136. The smallest absolute Gasteiger partial charge is 0.323 e. The second-order valence-corrected chi connectivity index (χ2v) is 5.82. The molecule has 0 radical (unpaired) electrons. The van der Waals surface area contributed by atoms with Crippen molar-refractivity contribution in [3.8, 4) is 0 Å². The number of nitrogens with one attached hydrogen (secondary N) is 1. The Balaban J connectivity index is 2.91. The number of rotatable bonds is 6. The lowest BCUT2D eigenvalue weighted by Crippen LogP contribution is -2.40. The van der Waals surface area contributed by atoms with E-state index >= 15 is 0 Å². The van der Waals surface area contributed by atoms with Gasteiger partial charge in [0.05, 0.1) is 12.6 Å². The molecule has 6 nitrogen and oxygen atoms in total. The van der Waals surface area contributed by atoms with Gasteiger partial charge in [-0.05, 0) is 12.5 Å². The number of sulfonamides is 1. The first-order chi connectivity index (χ1) is 8.38. The van der Waals surface area contributed by atoms with Crippen molar-refractivity contribution in [2.75, 3.05) is 6.61 Å². The molecule has 0 bridgehead atoms. The van der Waals surface area contributed by atoms with Gasteiger partial charge in [0.15, 0.2) is 5.25 Å². The van der Waals surface area contributed by atoms with Gasteiger partial charge in [-0.15, -0.1) is 0 Å². The highest BCUT2D eigenvalue weighted by molar-refractivity contribution is 7.90. The summed E-state index contributed by atoms with van der Waals surface area (Å²) >= 11 is 0. The third kappa shape index (κ3) is 3.52. The van der Waals surface area contributed by atoms with E-state index in [2.05, 4.69) is 4.72 Å². The molecule has 100 valence electrons. The standard InChI is InChI=1S/C11H15NO5S/c1-8(11(14)15)18(16,17)12-10(7-13)9-5-3-2-4-6-9/h2-6,8,10,12-13H,7H2,1H3,(H,14,15)/t8?,10-/m1/s1. The summed E-state index contributed by atoms with van der Waals surface area (Å²) in [5.74, 6) is -1.44. The van der Waals surface area contributed by atoms with Crippen molar-refractivity contribution < 1.29 is 23.4 Å². The van der Waals surface area contributed by atoms with Crippen LogP contribution in [0.3, 0.4) is 0 Å². The molecule has 0 heterocycles. The number of carbonyl (C=O) groups is 1. The lowest BCUT2D eigenvalue weighted by Gasteiger charge is -2.18. The van der Waals surface area contributed by atoms with Crippen molar-refractivity contribution in [3.63, 3.8) is 0 Å². The maximum Gasteiger partial charge on any atom is 0.323 e. The molecule has 0 aliphatic heterocycles. The van der Waals surface area contributed by atoms with E-state index in [-0.39, 0.29) is 0 Å². The van der Waals surface area contributed by atoms with Crippen LogP contribution < -0.4 is 4.72 Å². The van der Waals surface area contributed by atoms with E-state index in [4.69, 9.17) is 5.11 Å². The van der Waals surface area contributed by atoms with E-state index in [1.807, 2.05) is 0 Å². The molecule has 2 atom stereocenters. The average molecular weight is 273 g/mol. The van der Waals surface area contributed by atoms with Crippen LogP contribution in [0.4, 0.5) is 0 Å². The Kier molecular flexibility index (Phi) is 4.83. The summed E-state index contributed by atoms with van der Waals surface area (Å²) in [6, 6.07) is 7.61. The Hall–Kier alpha value is -1.44. The topological polar surface area (TPSA) is 104 Å². The van der Waals surface area contributed by atoms with Crippen LogP contribution in [0.25, 0.3) is 0 Å². The Morgan fingerprint density at radius 2 is 1.89 bits per heavy atom. The molecule has 0 spiro atoms. The molecule has 1 aromatic carbocycles. The minimum absolute atomic E-state index is 0.449. The fourth-order valence-electron chi connectivity index (χ4n) is 1.33. The highest BCUT2D eigenvalue weighted by Gasteiger charge is 2.30. The van der Waals surface area contributed by atoms with E-state index in [1.165, 1.54) is 0 Å². The highest BCUT2D eigenvalue weighted by atomic mass is 32.2. The SMILES string of the molecule is CC(C(=O)O)S(=O)(=O)N[C@H](CO)c1ccccc1. The summed E-state index contributed by atoms with van der Waals surface area (Å²) in [5.41, 5.74) is 0.571. The summed E-state index contributed by atoms with van der Waals surface area (Å²) in [5, 5.41) is 16.3. The van der Waals surface area contributed by atoms with Crippen molar-refractivity contribution in [3.05, 3.63) is 35.9 Å². The van der Waals surface area contributed by atoms with Gasteiger partial charge in [0.2, 0.25) is 10.0 Å². The van der Waals surface area contributed by atoms with Gasteiger partial charge in [0, 0.05) is 0 Å². The molecule has 0 fully saturated rings. The normalized spacial score (nSPS) is 15.0. The zero-order valence-corrected chi connectivity index (χ0v) is 10.6. The molecule has 1 unspecified atom stereocenters. The lowest BCUT2D eigenvalue weighted by atomic mass is 10.1. The predicted molar refractivity (Wildman–Crippen MR) is 65.4 cm³/mol. The summed E-state index contributed by atoms with van der Waals surface area (Å²) in [4.78, 5) is 10.7. The van der Waals surface area contributed by atoms with Gasteiger partial charge in [-0.25, -0.2) is 13.1 Å². The third-order valence-corrected chi connectivity index (χ3v) is 4.25. The van der Waals surface area contributed by atoms with Crippen LogP contribution in [0.1, 0.15) is 18.5 Å². The fourth-order valence-corrected chi connectivity index (χ4v) is 2.41. The zero-order valence-electron chi connectivity index (χ0n) is 9.78. The number of hydrogen-bond donors (Lipinski definition) is 3. The largest absolute Gasteiger partial charge is 0.480 e. The van der Waals surface area contributed by atoms with Crippen LogP contribution in [-0.2, 0) is 14.8 Å². The first-order valence-electron chi connectivity index (χ1n) is 5.28. The molecule has 0 saturated carbocycles. The first-order valence-corrected chi connectivity index (χ1v) is 6.83. The number of hydrogen-bond acceptors (Lipinski definition) is 4. The van der Waals surface area contributed by atoms with Crippen molar-refractivity contribution in [2.45, 2.75) is 18.2 Å². The van der Waals surface area contributed by atoms with Crippen LogP contribution in [0.2, 0.25) is 0 Å². The monoisotopic (exact) mass is 273 g/mol. The molecule has 0 saturated heterocycles. The molecule has 7 heteroatoms. The van der Waals surface area contributed by atoms with E-state index < -0.39 is 33.9 Å². The van der Waals surface area contributed by atoms with Gasteiger partial charge in [0.1, 0.15) is 0 Å². The van der Waals surface area contributed by atoms with Gasteiger partial charge in [-0.2, -0.15) is 0 Å². The highest BCUT2D eigenvalue weighted by Crippen LogP contribution is 2.14. The minimum Gasteiger partial charge on any atom is -0.480 e. The van der Waals surface area contributed by atoms with Gasteiger partial charge in [0.25, 0.3) is 0 Å². The molecular formula is C11H15NO5S. The van der Waals surface area contributed by atoms with Crippen LogP contribution in [0.5, 0.6) is 0 Å². The summed E-state index contributed by atoms with van der Waals surface area (Å²) in [6.45, 7) is 0.625. The minimum atomic E-state index is -4.03. The van der Waals surface area contributed by atoms with Gasteiger partial charge in [-0.1, -0.05) is 30.3 Å². The molecule has 18 heavy (non-hydrogen) atoms. The molecule has 0 aliphatic carbocycles. The average Bonchev–Trinajstić information content (AvgIpc) is 2.36. The van der Waals surface area contributed by atoms with Gasteiger partial charge in [-0.3, -0.25) is 4.79 Å².